The largest absolute Gasteiger partial charge is 0.481 e. The van der Waals surface area contributed by atoms with E-state index in [-0.39, 0.29) is 77.4 Å². The first kappa shape index (κ1) is 109. The number of aliphatic hydroxyl groups excluding tert-OH is 5. The van der Waals surface area contributed by atoms with Crippen LogP contribution in [0.3, 0.4) is 0 Å². The van der Waals surface area contributed by atoms with Gasteiger partial charge in [-0.3, -0.25) is 106 Å². The quantitative estimate of drug-likeness (QED) is 0.0168. The molecule has 3 rings (SSSR count). The summed E-state index contributed by atoms with van der Waals surface area (Å²) in [7, 11) is 0. The van der Waals surface area contributed by atoms with Crippen LogP contribution in [0.4, 0.5) is 0 Å². The van der Waals surface area contributed by atoms with E-state index in [1.165, 1.54) is 26.0 Å². The lowest BCUT2D eigenvalue weighted by Crippen LogP contribution is -2.62. The zero-order valence-corrected chi connectivity index (χ0v) is 71.2. The molecule has 0 bridgehead atoms. The number of nitrogens with one attached hydrogen (secondary N) is 19. The fraction of sp³-hybridized carbons (Fsp3) is 0.627. The second-order valence-corrected chi connectivity index (χ2v) is 30.6. The van der Waals surface area contributed by atoms with Gasteiger partial charge in [-0.05, 0) is 88.2 Å². The number of hydrogen-bond acceptors (Lipinski definition) is 29. The number of nitrogens with two attached hydrogens (primary N) is 2. The summed E-state index contributed by atoms with van der Waals surface area (Å²) in [4.78, 5) is 287. The van der Waals surface area contributed by atoms with Gasteiger partial charge >= 0.3 is 17.9 Å². The molecular formula is C75H118N22O29S. The van der Waals surface area contributed by atoms with E-state index < -0.39 is 323 Å². The molecule has 2 saturated heterocycles. The zero-order chi connectivity index (χ0) is 95.3. The maximum atomic E-state index is 14.4. The van der Waals surface area contributed by atoms with E-state index in [0.717, 1.165) is 4.90 Å². The normalized spacial score (nSPS) is 25.5. The summed E-state index contributed by atoms with van der Waals surface area (Å²) in [6, 6.07) is -19.5. The van der Waals surface area contributed by atoms with Crippen molar-refractivity contribution in [2.45, 2.75) is 208 Å². The van der Waals surface area contributed by atoms with Crippen molar-refractivity contribution >= 4 is 143 Å². The number of unbranched alkanes of at least 4 members (excludes halogenated alkanes) is 1. The van der Waals surface area contributed by atoms with E-state index in [0.29, 0.717) is 5.56 Å². The summed E-state index contributed by atoms with van der Waals surface area (Å²) in [6.07, 6.45) is -5.10. The van der Waals surface area contributed by atoms with Crippen LogP contribution in [0.2, 0.25) is 0 Å². The molecule has 0 radical (unpaired) electrons. The highest BCUT2D eigenvalue weighted by molar-refractivity contribution is 7.80. The van der Waals surface area contributed by atoms with Gasteiger partial charge in [-0.15, -0.1) is 0 Å². The molecular weight excluding hydrogens is 1710 g/mol. The van der Waals surface area contributed by atoms with E-state index in [2.05, 4.69) is 108 Å². The number of guanidine groups is 1. The van der Waals surface area contributed by atoms with Crippen molar-refractivity contribution < 1.29 is 142 Å². The van der Waals surface area contributed by atoms with Crippen LogP contribution in [-0.2, 0) is 107 Å². The van der Waals surface area contributed by atoms with Crippen LogP contribution in [0.25, 0.3) is 0 Å². The molecule has 0 aromatic heterocycles. The van der Waals surface area contributed by atoms with Crippen molar-refractivity contribution in [3.8, 4) is 0 Å². The van der Waals surface area contributed by atoms with Crippen LogP contribution >= 0.6 is 12.6 Å². The number of thiol groups is 1. The van der Waals surface area contributed by atoms with Gasteiger partial charge in [0.05, 0.1) is 59.1 Å². The van der Waals surface area contributed by atoms with E-state index in [1.807, 2.05) is 0 Å². The molecule has 0 unspecified atom stereocenters. The Kier molecular flexibility index (Phi) is 48.3. The first-order valence-corrected chi connectivity index (χ1v) is 41.2. The molecule has 2 aliphatic rings. The van der Waals surface area contributed by atoms with Crippen LogP contribution in [0.5, 0.6) is 0 Å². The van der Waals surface area contributed by atoms with Gasteiger partial charge < -0.3 is 153 Å². The molecule has 1 aromatic carbocycles. The van der Waals surface area contributed by atoms with E-state index in [9.17, 15) is 142 Å². The number of carboxylic acid groups (broad SMARTS) is 3. The maximum absolute atomic E-state index is 14.4. The molecule has 0 saturated carbocycles. The predicted molar refractivity (Wildman–Crippen MR) is 443 cm³/mol. The number of amides is 18. The number of nitrogens with zero attached hydrogens (tertiary/aromatic N) is 1. The van der Waals surface area contributed by atoms with Gasteiger partial charge in [0.1, 0.15) is 90.6 Å². The lowest BCUT2D eigenvalue weighted by Gasteiger charge is -2.30. The molecule has 31 N–H and O–H groups in total. The first-order valence-electron chi connectivity index (χ1n) is 40.5. The lowest BCUT2D eigenvalue weighted by atomic mass is 10.0. The fourth-order valence-corrected chi connectivity index (χ4v) is 12.8. The monoisotopic (exact) mass is 1820 g/mol. The predicted octanol–water partition coefficient (Wildman–Crippen LogP) is -13.4. The molecule has 127 heavy (non-hydrogen) atoms. The molecule has 0 aliphatic carbocycles. The number of aliphatic hydroxyl groups is 5. The standard InChI is InChI=1S/C75H118N22O29S/c1-36(2)24-43-63(115)89-45(26-58(110)111)65(117)87-42(18-20-57(108)109)74(126)97-23-11-16-52(97)72(124)82-29-55(105)83-39(15-10-22-79-75(77)78)60(112)81-27-53(103)80-28-54(104)84-44(25-38-12-6-5-7-13-38)64(116)91-49(33-101)69(121)92-47(31-99)67(119)86-41(17-19-56(106)107)61(113)90-46(30-98)66(118)85-40(14-8-9-21-76)62(114)96-59(37(3)4)73(125)95-51(35-127)71(123)94-50(34-102)70(122)93-48(32-100)68(120)88-43/h5-7,12-13,36-37,39-52,59,98-102,127H,8-11,14-35,76H2,1-4H3,(H,80,103)(H,81,112)(H,82,124)(H,83,105)(H,84,104)(H,85,118)(H,86,119)(H,87,117)(H,88,120)(H,89,115)(H,90,113)(H,91,116)(H,92,121)(H,93,122)(H,94,123)(H,95,125)(H,96,114)(H,106,107)(H,108,109)(H,110,111)(H4,77,78,79)/t39-,40-,41-,42-,43-,44-,45-,46-,47-,48-,49-,50-,51-,52-,59-/m0/s1. The summed E-state index contributed by atoms with van der Waals surface area (Å²) in [6.45, 7) is -3.08. The molecule has 52 heteroatoms. The Morgan fingerprint density at radius 2 is 0.827 bits per heavy atom. The topological polar surface area (TPSA) is 816 Å². The van der Waals surface area contributed by atoms with Gasteiger partial charge in [-0.2, -0.15) is 12.6 Å². The molecule has 18 amide bonds. The molecule has 1 aromatic rings. The number of fused-ring (bicyclic) bond motifs is 1. The third-order valence-corrected chi connectivity index (χ3v) is 19.7. The van der Waals surface area contributed by atoms with E-state index >= 15 is 0 Å². The van der Waals surface area contributed by atoms with Crippen molar-refractivity contribution in [3.05, 3.63) is 35.9 Å². The average Bonchev–Trinajstić information content (AvgIpc) is 1.71. The van der Waals surface area contributed by atoms with E-state index in [4.69, 9.17) is 16.9 Å². The van der Waals surface area contributed by atoms with Crippen LogP contribution in [0.15, 0.2) is 30.3 Å². The number of carbonyl (C=O) groups is 21. The smallest absolute Gasteiger partial charge is 0.305 e. The average molecular weight is 1820 g/mol. The maximum Gasteiger partial charge on any atom is 0.305 e. The Labute approximate surface area is 733 Å². The molecule has 708 valence electrons. The summed E-state index contributed by atoms with van der Waals surface area (Å²) in [5, 5.41) is 130. The highest BCUT2D eigenvalue weighted by Crippen LogP contribution is 2.21. The number of aliphatic carboxylic acids is 3. The molecule has 51 nitrogen and oxygen atoms in total. The summed E-state index contributed by atoms with van der Waals surface area (Å²) < 4.78 is 0. The Balaban J connectivity index is 2.13. The number of hydrogen-bond donors (Lipinski definition) is 30. The van der Waals surface area contributed by atoms with Gasteiger partial charge in [-0.25, -0.2) is 0 Å². The van der Waals surface area contributed by atoms with Crippen LogP contribution in [0, 0.1) is 17.2 Å². The Morgan fingerprint density at radius 1 is 0.441 bits per heavy atom. The molecule has 2 heterocycles. The number of carbonyl (C=O) groups excluding carboxylic acids is 18. The second-order valence-electron chi connectivity index (χ2n) is 30.2. The van der Waals surface area contributed by atoms with Crippen molar-refractivity contribution in [3.63, 3.8) is 0 Å². The number of benzene rings is 1. The Morgan fingerprint density at radius 3 is 1.30 bits per heavy atom. The van der Waals surface area contributed by atoms with Gasteiger partial charge in [0.2, 0.25) is 106 Å². The third kappa shape index (κ3) is 38.9. The Bertz CT molecular complexity index is 4020. The van der Waals surface area contributed by atoms with Crippen LogP contribution in [-0.4, -0.2) is 345 Å². The Hall–Kier alpha value is -12.5. The molecule has 15 atom stereocenters. The van der Waals surface area contributed by atoms with Crippen LogP contribution < -0.4 is 107 Å². The molecule has 0 spiro atoms. The second kappa shape index (κ2) is 56.4. The van der Waals surface area contributed by atoms with E-state index in [1.54, 1.807) is 32.0 Å². The number of carboxylic acids is 3. The SMILES string of the molecule is CC(C)C[C@@H]1NC(=O)[C@H](CO)NC(=O)[C@H](CO)NC(=O)[C@H](CS)NC(=O)[C@H](C(C)C)NC(=O)[C@H](CCCCN)NC(=O)[C@H](CO)NC(=O)[C@H](CCC(=O)O)NC(=O)[C@H](CO)NC(=O)[C@H](CO)NC(=O)[C@H](Cc2ccccc2)NC(=O)CNC(=O)CNC(=O)[C@H](CCCNC(=N)N)NC(=O)CNC(=O)[C@@H]2CCCN2C(=O)[C@H](CCC(=O)O)NC(=O)[C@H](CC(=O)O)NC1=O. The highest BCUT2D eigenvalue weighted by Gasteiger charge is 2.42. The minimum atomic E-state index is -2.12. The minimum absolute atomic E-state index is 0.0217. The first-order chi connectivity index (χ1) is 60.0. The summed E-state index contributed by atoms with van der Waals surface area (Å²) in [5.41, 5.74) is 11.5. The van der Waals surface area contributed by atoms with Gasteiger partial charge in [-0.1, -0.05) is 58.0 Å². The zero-order valence-electron chi connectivity index (χ0n) is 70.3. The summed E-state index contributed by atoms with van der Waals surface area (Å²) >= 11 is 4.15. The van der Waals surface area contributed by atoms with Gasteiger partial charge in [0, 0.05) is 38.1 Å². The molecule has 2 aliphatic heterocycles. The lowest BCUT2D eigenvalue weighted by molar-refractivity contribution is -0.144. The number of rotatable bonds is 27. The fourth-order valence-electron chi connectivity index (χ4n) is 12.5. The van der Waals surface area contributed by atoms with Crippen molar-refractivity contribution in [1.29, 1.82) is 5.41 Å². The third-order valence-electron chi connectivity index (χ3n) is 19.3. The minimum Gasteiger partial charge on any atom is -0.481 e. The van der Waals surface area contributed by atoms with Crippen molar-refractivity contribution in [2.75, 3.05) is 78.1 Å². The van der Waals surface area contributed by atoms with Gasteiger partial charge in [0.15, 0.2) is 5.96 Å². The van der Waals surface area contributed by atoms with Crippen molar-refractivity contribution in [2.24, 2.45) is 23.3 Å². The highest BCUT2D eigenvalue weighted by atomic mass is 32.1. The molecule has 2 fully saturated rings. The van der Waals surface area contributed by atoms with Crippen LogP contribution in [0.1, 0.15) is 117 Å². The summed E-state index contributed by atoms with van der Waals surface area (Å²) in [5.74, 6) is -28.7. The van der Waals surface area contributed by atoms with Gasteiger partial charge in [0.25, 0.3) is 0 Å². The van der Waals surface area contributed by atoms with Crippen molar-refractivity contribution in [1.82, 2.24) is 101 Å².